The second-order valence-corrected chi connectivity index (χ2v) is 5.13. The topological polar surface area (TPSA) is 97.1 Å². The molecule has 18 heavy (non-hydrogen) atoms. The number of carbonyl (C=O) groups excluding carboxylic acids is 2. The number of nitrogens with one attached hydrogen (secondary N) is 2. The molecule has 0 fully saturated rings. The molecule has 8 heteroatoms. The summed E-state index contributed by atoms with van der Waals surface area (Å²) in [6.45, 7) is 2.28. The van der Waals surface area contributed by atoms with Crippen LogP contribution in [-0.2, 0) is 22.6 Å². The van der Waals surface area contributed by atoms with Gasteiger partial charge in [-0.2, -0.15) is 0 Å². The van der Waals surface area contributed by atoms with E-state index in [4.69, 9.17) is 5.73 Å². The largest absolute Gasteiger partial charge is 0.392 e. The SMILES string of the molecule is CCc1cnc(CNC(=O)C(=O)NCC(N)=S)s1. The fraction of sp³-hybridized carbons (Fsp3) is 0.400. The van der Waals surface area contributed by atoms with Crippen molar-refractivity contribution in [2.24, 2.45) is 5.73 Å². The zero-order valence-electron chi connectivity index (χ0n) is 9.86. The number of hydrogen-bond acceptors (Lipinski definition) is 5. The number of nitrogens with zero attached hydrogens (tertiary/aromatic N) is 1. The fourth-order valence-corrected chi connectivity index (χ4v) is 1.95. The monoisotopic (exact) mass is 286 g/mol. The summed E-state index contributed by atoms with van der Waals surface area (Å²) in [6.07, 6.45) is 2.67. The van der Waals surface area contributed by atoms with Gasteiger partial charge in [-0.15, -0.1) is 11.3 Å². The standard InChI is InChI=1S/C10H14N4O2S2/c1-2-6-3-12-8(18-6)5-14-10(16)9(15)13-4-7(11)17/h3H,2,4-5H2,1H3,(H2,11,17)(H,13,15)(H,14,16). The van der Waals surface area contributed by atoms with E-state index < -0.39 is 11.8 Å². The lowest BCUT2D eigenvalue weighted by atomic mass is 10.4. The van der Waals surface area contributed by atoms with Crippen LogP contribution in [0.25, 0.3) is 0 Å². The Hall–Kier alpha value is -1.54. The summed E-state index contributed by atoms with van der Waals surface area (Å²) in [7, 11) is 0. The molecule has 1 aromatic heterocycles. The fourth-order valence-electron chi connectivity index (χ4n) is 1.08. The van der Waals surface area contributed by atoms with Crippen molar-refractivity contribution < 1.29 is 9.59 Å². The van der Waals surface area contributed by atoms with E-state index in [1.54, 1.807) is 6.20 Å². The predicted molar refractivity (Wildman–Crippen MR) is 73.1 cm³/mol. The van der Waals surface area contributed by atoms with Gasteiger partial charge in [-0.3, -0.25) is 9.59 Å². The third-order valence-electron chi connectivity index (χ3n) is 1.98. The van der Waals surface area contributed by atoms with Gasteiger partial charge in [0.05, 0.1) is 18.1 Å². The molecule has 2 amide bonds. The summed E-state index contributed by atoms with van der Waals surface area (Å²) in [4.78, 5) is 28.0. The molecule has 0 atom stereocenters. The number of aromatic nitrogens is 1. The Kier molecular flexibility index (Phi) is 5.66. The van der Waals surface area contributed by atoms with Crippen molar-refractivity contribution in [2.75, 3.05) is 6.54 Å². The first-order valence-electron chi connectivity index (χ1n) is 5.30. The maximum Gasteiger partial charge on any atom is 0.309 e. The zero-order chi connectivity index (χ0) is 13.5. The quantitative estimate of drug-likeness (QED) is 0.511. The molecule has 0 unspecified atom stereocenters. The lowest BCUT2D eigenvalue weighted by molar-refractivity contribution is -0.139. The molecule has 4 N–H and O–H groups in total. The molecule has 0 aliphatic rings. The average Bonchev–Trinajstić information content (AvgIpc) is 2.80. The van der Waals surface area contributed by atoms with Crippen LogP contribution in [0.3, 0.4) is 0 Å². The van der Waals surface area contributed by atoms with Crippen LogP contribution in [0, 0.1) is 0 Å². The summed E-state index contributed by atoms with van der Waals surface area (Å²) in [5, 5.41) is 5.54. The van der Waals surface area contributed by atoms with Crippen LogP contribution >= 0.6 is 23.6 Å². The molecule has 1 heterocycles. The Morgan fingerprint density at radius 1 is 1.44 bits per heavy atom. The third kappa shape index (κ3) is 4.76. The van der Waals surface area contributed by atoms with Crippen molar-refractivity contribution in [1.29, 1.82) is 0 Å². The van der Waals surface area contributed by atoms with Crippen molar-refractivity contribution in [3.63, 3.8) is 0 Å². The van der Waals surface area contributed by atoms with Crippen molar-refractivity contribution in [2.45, 2.75) is 19.9 Å². The van der Waals surface area contributed by atoms with Crippen molar-refractivity contribution in [1.82, 2.24) is 15.6 Å². The molecule has 0 aromatic carbocycles. The summed E-state index contributed by atoms with van der Waals surface area (Å²) in [5.74, 6) is -1.48. The minimum Gasteiger partial charge on any atom is -0.392 e. The minimum atomic E-state index is -0.755. The van der Waals surface area contributed by atoms with E-state index in [1.165, 1.54) is 11.3 Å². The molecule has 0 radical (unpaired) electrons. The lowest BCUT2D eigenvalue weighted by Gasteiger charge is -2.03. The van der Waals surface area contributed by atoms with Gasteiger partial charge in [-0.05, 0) is 6.42 Å². The highest BCUT2D eigenvalue weighted by atomic mass is 32.1. The second-order valence-electron chi connectivity index (χ2n) is 3.41. The van der Waals surface area contributed by atoms with Crippen LogP contribution in [0.2, 0.25) is 0 Å². The molecule has 0 bridgehead atoms. The maximum atomic E-state index is 11.4. The number of amides is 2. The molecule has 6 nitrogen and oxygen atoms in total. The second kappa shape index (κ2) is 7.02. The molecule has 0 saturated heterocycles. The summed E-state index contributed by atoms with van der Waals surface area (Å²) >= 11 is 6.09. The van der Waals surface area contributed by atoms with Gasteiger partial charge >= 0.3 is 11.8 Å². The number of rotatable bonds is 5. The van der Waals surface area contributed by atoms with E-state index in [2.05, 4.69) is 27.8 Å². The Morgan fingerprint density at radius 3 is 2.67 bits per heavy atom. The number of thiocarbonyl (C=S) groups is 1. The zero-order valence-corrected chi connectivity index (χ0v) is 11.5. The van der Waals surface area contributed by atoms with E-state index in [1.807, 2.05) is 6.92 Å². The van der Waals surface area contributed by atoms with Gasteiger partial charge in [0, 0.05) is 11.1 Å². The number of nitrogens with two attached hydrogens (primary N) is 1. The highest BCUT2D eigenvalue weighted by molar-refractivity contribution is 7.80. The first kappa shape index (κ1) is 14.5. The Balaban J connectivity index is 2.36. The van der Waals surface area contributed by atoms with Gasteiger partial charge in [0.2, 0.25) is 0 Å². The summed E-state index contributed by atoms with van der Waals surface area (Å²) in [5.41, 5.74) is 5.20. The number of hydrogen-bond donors (Lipinski definition) is 3. The third-order valence-corrected chi connectivity index (χ3v) is 3.27. The van der Waals surface area contributed by atoms with Gasteiger partial charge in [0.15, 0.2) is 0 Å². The Bertz CT molecular complexity index is 458. The van der Waals surface area contributed by atoms with Crippen LogP contribution in [-0.4, -0.2) is 28.3 Å². The molecular weight excluding hydrogens is 272 g/mol. The van der Waals surface area contributed by atoms with E-state index >= 15 is 0 Å². The number of carbonyl (C=O) groups is 2. The minimum absolute atomic E-state index is 0.0127. The van der Waals surface area contributed by atoms with E-state index in [-0.39, 0.29) is 18.1 Å². The van der Waals surface area contributed by atoms with Crippen LogP contribution < -0.4 is 16.4 Å². The van der Waals surface area contributed by atoms with Gasteiger partial charge in [0.25, 0.3) is 0 Å². The van der Waals surface area contributed by atoms with E-state index in [9.17, 15) is 9.59 Å². The van der Waals surface area contributed by atoms with Gasteiger partial charge < -0.3 is 16.4 Å². The van der Waals surface area contributed by atoms with Gasteiger partial charge in [-0.1, -0.05) is 19.1 Å². The molecule has 0 aliphatic carbocycles. The summed E-state index contributed by atoms with van der Waals surface area (Å²) < 4.78 is 0. The van der Waals surface area contributed by atoms with Crippen LogP contribution in [0.15, 0.2) is 6.20 Å². The highest BCUT2D eigenvalue weighted by Crippen LogP contribution is 2.12. The van der Waals surface area contributed by atoms with Crippen LogP contribution in [0.5, 0.6) is 0 Å². The van der Waals surface area contributed by atoms with E-state index in [0.717, 1.165) is 16.3 Å². The maximum absolute atomic E-state index is 11.4. The molecule has 0 saturated carbocycles. The molecule has 98 valence electrons. The average molecular weight is 286 g/mol. The molecule has 0 aliphatic heterocycles. The Morgan fingerprint density at radius 2 is 2.11 bits per heavy atom. The molecular formula is C10H14N4O2S2. The normalized spacial score (nSPS) is 9.83. The number of thiazole rings is 1. The summed E-state index contributed by atoms with van der Waals surface area (Å²) in [6, 6.07) is 0. The highest BCUT2D eigenvalue weighted by Gasteiger charge is 2.13. The Labute approximate surface area is 114 Å². The van der Waals surface area contributed by atoms with Gasteiger partial charge in [0.1, 0.15) is 5.01 Å². The molecule has 1 aromatic rings. The first-order chi connectivity index (χ1) is 8.52. The van der Waals surface area contributed by atoms with Crippen LogP contribution in [0.1, 0.15) is 16.8 Å². The van der Waals surface area contributed by atoms with Crippen molar-refractivity contribution >= 4 is 40.4 Å². The predicted octanol–water partition coefficient (Wildman–Crippen LogP) is -0.276. The van der Waals surface area contributed by atoms with Crippen molar-refractivity contribution in [3.05, 3.63) is 16.1 Å². The first-order valence-corrected chi connectivity index (χ1v) is 6.53. The lowest BCUT2D eigenvalue weighted by Crippen LogP contribution is -2.42. The molecule has 1 rings (SSSR count). The smallest absolute Gasteiger partial charge is 0.309 e. The number of aryl methyl sites for hydroxylation is 1. The van der Waals surface area contributed by atoms with Crippen LogP contribution in [0.4, 0.5) is 0 Å². The van der Waals surface area contributed by atoms with Crippen molar-refractivity contribution in [3.8, 4) is 0 Å². The van der Waals surface area contributed by atoms with E-state index in [0.29, 0.717) is 0 Å². The van der Waals surface area contributed by atoms with Gasteiger partial charge in [-0.25, -0.2) is 4.98 Å². The molecule has 0 spiro atoms.